The SMILES string of the molecule is CC(C)Cn1nc2c(cc1=O)C[C@H](N)CC2. The van der Waals surface area contributed by atoms with Crippen LogP contribution in [0.1, 0.15) is 31.5 Å². The number of aryl methyl sites for hydroxylation is 1. The van der Waals surface area contributed by atoms with Crippen molar-refractivity contribution in [1.29, 1.82) is 0 Å². The lowest BCUT2D eigenvalue weighted by atomic mass is 9.93. The van der Waals surface area contributed by atoms with Gasteiger partial charge in [-0.3, -0.25) is 4.79 Å². The van der Waals surface area contributed by atoms with Gasteiger partial charge in [-0.2, -0.15) is 5.10 Å². The summed E-state index contributed by atoms with van der Waals surface area (Å²) in [6.07, 6.45) is 2.66. The standard InChI is InChI=1S/C12H19N3O/c1-8(2)7-15-12(16)6-9-5-10(13)3-4-11(9)14-15/h6,8,10H,3-5,7,13H2,1-2H3/t10-/m1/s1. The predicted octanol–water partition coefficient (Wildman–Crippen LogP) is 0.715. The zero-order chi connectivity index (χ0) is 11.7. The molecule has 16 heavy (non-hydrogen) atoms. The first kappa shape index (κ1) is 11.3. The Bertz CT molecular complexity index is 436. The normalized spacial score (nSPS) is 19.9. The van der Waals surface area contributed by atoms with Crippen molar-refractivity contribution in [3.05, 3.63) is 27.7 Å². The van der Waals surface area contributed by atoms with Gasteiger partial charge in [-0.15, -0.1) is 0 Å². The van der Waals surface area contributed by atoms with E-state index in [0.29, 0.717) is 12.5 Å². The molecule has 1 aromatic heterocycles. The van der Waals surface area contributed by atoms with Crippen molar-refractivity contribution in [2.24, 2.45) is 11.7 Å². The van der Waals surface area contributed by atoms with Crippen molar-refractivity contribution in [1.82, 2.24) is 9.78 Å². The van der Waals surface area contributed by atoms with Crippen molar-refractivity contribution in [2.75, 3.05) is 0 Å². The maximum Gasteiger partial charge on any atom is 0.267 e. The van der Waals surface area contributed by atoms with Crippen LogP contribution in [0.15, 0.2) is 10.9 Å². The molecule has 1 aliphatic carbocycles. The maximum atomic E-state index is 11.8. The van der Waals surface area contributed by atoms with E-state index in [0.717, 1.165) is 30.5 Å². The van der Waals surface area contributed by atoms with E-state index in [1.54, 1.807) is 10.7 Å². The molecule has 0 aliphatic heterocycles. The first-order chi connectivity index (χ1) is 7.56. The van der Waals surface area contributed by atoms with Gasteiger partial charge < -0.3 is 5.73 Å². The zero-order valence-corrected chi connectivity index (χ0v) is 9.94. The van der Waals surface area contributed by atoms with Gasteiger partial charge in [0, 0.05) is 18.7 Å². The molecule has 2 N–H and O–H groups in total. The van der Waals surface area contributed by atoms with Crippen molar-refractivity contribution >= 4 is 0 Å². The molecular formula is C12H19N3O. The average Bonchev–Trinajstić information content (AvgIpc) is 2.19. The van der Waals surface area contributed by atoms with Gasteiger partial charge in [0.1, 0.15) is 0 Å². The summed E-state index contributed by atoms with van der Waals surface area (Å²) in [5, 5.41) is 4.44. The van der Waals surface area contributed by atoms with Gasteiger partial charge in [0.05, 0.1) is 5.69 Å². The van der Waals surface area contributed by atoms with Gasteiger partial charge in [0.2, 0.25) is 0 Å². The summed E-state index contributed by atoms with van der Waals surface area (Å²) in [6.45, 7) is 4.87. The van der Waals surface area contributed by atoms with E-state index in [1.165, 1.54) is 0 Å². The van der Waals surface area contributed by atoms with Crippen molar-refractivity contribution in [2.45, 2.75) is 45.7 Å². The lowest BCUT2D eigenvalue weighted by molar-refractivity contribution is 0.445. The highest BCUT2D eigenvalue weighted by Gasteiger charge is 2.18. The van der Waals surface area contributed by atoms with Gasteiger partial charge in [-0.05, 0) is 30.7 Å². The monoisotopic (exact) mass is 221 g/mol. The van der Waals surface area contributed by atoms with Crippen LogP contribution in [-0.4, -0.2) is 15.8 Å². The first-order valence-electron chi connectivity index (χ1n) is 5.91. The molecule has 1 atom stereocenters. The Kier molecular flexibility index (Phi) is 3.10. The first-order valence-corrected chi connectivity index (χ1v) is 5.91. The summed E-state index contributed by atoms with van der Waals surface area (Å²) in [5.74, 6) is 0.439. The Hall–Kier alpha value is -1.16. The molecule has 0 unspecified atom stereocenters. The molecule has 2 rings (SSSR count). The molecule has 0 saturated heterocycles. The number of fused-ring (bicyclic) bond motifs is 1. The summed E-state index contributed by atoms with van der Waals surface area (Å²) in [6, 6.07) is 1.90. The molecule has 1 aromatic rings. The largest absolute Gasteiger partial charge is 0.327 e. The summed E-state index contributed by atoms with van der Waals surface area (Å²) in [4.78, 5) is 11.8. The smallest absolute Gasteiger partial charge is 0.267 e. The molecule has 1 aliphatic rings. The Morgan fingerprint density at radius 3 is 3.06 bits per heavy atom. The number of hydrogen-bond acceptors (Lipinski definition) is 3. The number of nitrogens with two attached hydrogens (primary N) is 1. The molecule has 1 heterocycles. The summed E-state index contributed by atoms with van der Waals surface area (Å²) >= 11 is 0. The Balaban J connectivity index is 2.34. The molecule has 0 radical (unpaired) electrons. The van der Waals surface area contributed by atoms with E-state index < -0.39 is 0 Å². The second-order valence-corrected chi connectivity index (χ2v) is 5.03. The van der Waals surface area contributed by atoms with Gasteiger partial charge in [-0.1, -0.05) is 13.8 Å². The Labute approximate surface area is 95.5 Å². The molecule has 0 bridgehead atoms. The zero-order valence-electron chi connectivity index (χ0n) is 9.94. The van der Waals surface area contributed by atoms with Crippen LogP contribution >= 0.6 is 0 Å². The van der Waals surface area contributed by atoms with Crippen LogP contribution in [0.2, 0.25) is 0 Å². The maximum absolute atomic E-state index is 11.8. The van der Waals surface area contributed by atoms with E-state index in [9.17, 15) is 4.79 Å². The molecule has 4 heteroatoms. The number of nitrogens with zero attached hydrogens (tertiary/aromatic N) is 2. The van der Waals surface area contributed by atoms with Crippen molar-refractivity contribution < 1.29 is 0 Å². The van der Waals surface area contributed by atoms with Crippen LogP contribution in [0.25, 0.3) is 0 Å². The minimum Gasteiger partial charge on any atom is -0.327 e. The van der Waals surface area contributed by atoms with Crippen LogP contribution in [0.4, 0.5) is 0 Å². The van der Waals surface area contributed by atoms with Crippen LogP contribution in [-0.2, 0) is 19.4 Å². The summed E-state index contributed by atoms with van der Waals surface area (Å²) in [7, 11) is 0. The number of aromatic nitrogens is 2. The molecular weight excluding hydrogens is 202 g/mol. The molecule has 0 spiro atoms. The van der Waals surface area contributed by atoms with Crippen molar-refractivity contribution in [3.63, 3.8) is 0 Å². The van der Waals surface area contributed by atoms with Gasteiger partial charge in [-0.25, -0.2) is 4.68 Å². The molecule has 0 saturated carbocycles. The third-order valence-corrected chi connectivity index (χ3v) is 2.94. The fourth-order valence-electron chi connectivity index (χ4n) is 2.14. The predicted molar refractivity (Wildman–Crippen MR) is 63.3 cm³/mol. The van der Waals surface area contributed by atoms with Gasteiger partial charge in [0.15, 0.2) is 0 Å². The fraction of sp³-hybridized carbons (Fsp3) is 0.667. The van der Waals surface area contributed by atoms with Crippen LogP contribution in [0, 0.1) is 5.92 Å². The molecule has 4 nitrogen and oxygen atoms in total. The van der Waals surface area contributed by atoms with E-state index in [4.69, 9.17) is 5.73 Å². The van der Waals surface area contributed by atoms with E-state index >= 15 is 0 Å². The second kappa shape index (κ2) is 4.37. The third kappa shape index (κ3) is 2.32. The molecule has 88 valence electrons. The lowest BCUT2D eigenvalue weighted by Gasteiger charge is -2.21. The van der Waals surface area contributed by atoms with Crippen LogP contribution < -0.4 is 11.3 Å². The Morgan fingerprint density at radius 2 is 2.38 bits per heavy atom. The minimum absolute atomic E-state index is 0.00144. The highest BCUT2D eigenvalue weighted by molar-refractivity contribution is 5.22. The quantitative estimate of drug-likeness (QED) is 0.800. The van der Waals surface area contributed by atoms with Crippen molar-refractivity contribution in [3.8, 4) is 0 Å². The van der Waals surface area contributed by atoms with Crippen LogP contribution in [0.5, 0.6) is 0 Å². The average molecular weight is 221 g/mol. The van der Waals surface area contributed by atoms with Gasteiger partial charge in [0.25, 0.3) is 5.56 Å². The molecule has 0 fully saturated rings. The molecule has 0 amide bonds. The summed E-state index contributed by atoms with van der Waals surface area (Å²) < 4.78 is 1.58. The second-order valence-electron chi connectivity index (χ2n) is 5.03. The van der Waals surface area contributed by atoms with E-state index in [-0.39, 0.29) is 11.6 Å². The minimum atomic E-state index is 0.00144. The number of rotatable bonds is 2. The lowest BCUT2D eigenvalue weighted by Crippen LogP contribution is -2.33. The fourth-order valence-corrected chi connectivity index (χ4v) is 2.14. The highest BCUT2D eigenvalue weighted by atomic mass is 16.1. The third-order valence-electron chi connectivity index (χ3n) is 2.94. The summed E-state index contributed by atoms with van der Waals surface area (Å²) in [5.41, 5.74) is 7.99. The Morgan fingerprint density at radius 1 is 1.62 bits per heavy atom. The topological polar surface area (TPSA) is 60.9 Å². The van der Waals surface area contributed by atoms with Gasteiger partial charge >= 0.3 is 0 Å². The van der Waals surface area contributed by atoms with E-state index in [1.807, 2.05) is 0 Å². The molecule has 0 aromatic carbocycles. The van der Waals surface area contributed by atoms with E-state index in [2.05, 4.69) is 18.9 Å². The highest BCUT2D eigenvalue weighted by Crippen LogP contribution is 2.16. The number of hydrogen-bond donors (Lipinski definition) is 1. The van der Waals surface area contributed by atoms with Crippen LogP contribution in [0.3, 0.4) is 0 Å².